The Morgan fingerprint density at radius 2 is 1.75 bits per heavy atom. The molecule has 2 atom stereocenters. The van der Waals surface area contributed by atoms with E-state index in [0.717, 1.165) is 29.9 Å². The molecule has 0 unspecified atom stereocenters. The van der Waals surface area contributed by atoms with Crippen LogP contribution in [0.1, 0.15) is 77.1 Å². The van der Waals surface area contributed by atoms with Crippen LogP contribution in [0.2, 0.25) is 0 Å². The molecular formula is C35H37F5N8O4. The maximum atomic E-state index is 14.9. The van der Waals surface area contributed by atoms with E-state index in [1.165, 1.54) is 35.8 Å². The molecular weight excluding hydrogens is 691 g/mol. The molecule has 2 aromatic heterocycles. The van der Waals surface area contributed by atoms with Crippen LogP contribution in [0.5, 0.6) is 5.75 Å². The van der Waals surface area contributed by atoms with Crippen molar-refractivity contribution < 1.29 is 41.0 Å². The number of hydrogen-bond donors (Lipinski definition) is 1. The molecule has 0 radical (unpaired) electrons. The Morgan fingerprint density at radius 3 is 2.33 bits per heavy atom. The van der Waals surface area contributed by atoms with Crippen molar-refractivity contribution >= 4 is 17.8 Å². The van der Waals surface area contributed by atoms with E-state index in [9.17, 15) is 31.5 Å². The second kappa shape index (κ2) is 13.3. The minimum atomic E-state index is -5.03. The van der Waals surface area contributed by atoms with Gasteiger partial charge in [0.1, 0.15) is 24.9 Å². The number of ether oxygens (including phenoxy) is 2. The molecule has 3 heterocycles. The molecule has 6 rings (SSSR count). The number of benzene rings is 2. The fourth-order valence-corrected chi connectivity index (χ4v) is 6.35. The zero-order valence-corrected chi connectivity index (χ0v) is 28.8. The third kappa shape index (κ3) is 7.77. The largest absolute Gasteiger partial charge is 0.573 e. The summed E-state index contributed by atoms with van der Waals surface area (Å²) in [5, 5.41) is 7.66. The molecule has 1 amide bonds. The number of esters is 1. The van der Waals surface area contributed by atoms with Crippen LogP contribution >= 0.6 is 0 Å². The van der Waals surface area contributed by atoms with Crippen molar-refractivity contribution in [1.82, 2.24) is 29.4 Å². The van der Waals surface area contributed by atoms with Crippen molar-refractivity contribution in [1.29, 1.82) is 0 Å². The summed E-state index contributed by atoms with van der Waals surface area (Å²) in [6.45, 7) is 4.51. The van der Waals surface area contributed by atoms with E-state index in [-0.39, 0.29) is 35.5 Å². The second-order valence-corrected chi connectivity index (χ2v) is 14.6. The number of nitrogens with two attached hydrogens (primary N) is 1. The van der Waals surface area contributed by atoms with Crippen LogP contribution in [-0.4, -0.2) is 60.3 Å². The van der Waals surface area contributed by atoms with Crippen molar-refractivity contribution in [3.05, 3.63) is 78.6 Å². The van der Waals surface area contributed by atoms with Crippen molar-refractivity contribution in [3.8, 4) is 22.6 Å². The predicted octanol–water partition coefficient (Wildman–Crippen LogP) is 6.69. The molecule has 0 bridgehead atoms. The van der Waals surface area contributed by atoms with E-state index in [1.807, 2.05) is 27.7 Å². The van der Waals surface area contributed by atoms with E-state index in [4.69, 9.17) is 15.5 Å². The van der Waals surface area contributed by atoms with Crippen LogP contribution in [0.15, 0.2) is 72.5 Å². The van der Waals surface area contributed by atoms with E-state index < -0.39 is 54.1 Å². The molecule has 1 aliphatic carbocycles. The predicted molar refractivity (Wildman–Crippen MR) is 177 cm³/mol. The summed E-state index contributed by atoms with van der Waals surface area (Å²) in [5.74, 6) is -1.86. The zero-order chi connectivity index (χ0) is 37.6. The van der Waals surface area contributed by atoms with E-state index in [2.05, 4.69) is 19.9 Å². The highest BCUT2D eigenvalue weighted by molar-refractivity contribution is 6.07. The summed E-state index contributed by atoms with van der Waals surface area (Å²) in [6.07, 6.45) is 1.84. The molecule has 12 nitrogen and oxygen atoms in total. The van der Waals surface area contributed by atoms with Crippen molar-refractivity contribution in [3.63, 3.8) is 0 Å². The first-order valence-corrected chi connectivity index (χ1v) is 16.4. The highest BCUT2D eigenvalue weighted by atomic mass is 19.4. The lowest BCUT2D eigenvalue weighted by molar-refractivity contribution is -0.274. The van der Waals surface area contributed by atoms with Gasteiger partial charge >= 0.3 is 18.9 Å². The van der Waals surface area contributed by atoms with Gasteiger partial charge in [-0.2, -0.15) is 19.0 Å². The third-order valence-corrected chi connectivity index (χ3v) is 9.06. The Hall–Kier alpha value is -5.35. The Morgan fingerprint density at radius 1 is 1.04 bits per heavy atom. The first-order valence-electron chi connectivity index (χ1n) is 16.4. The minimum Gasteiger partial charge on any atom is -0.463 e. The molecule has 0 saturated heterocycles. The van der Waals surface area contributed by atoms with Crippen molar-refractivity contribution in [2.45, 2.75) is 77.9 Å². The van der Waals surface area contributed by atoms with E-state index in [1.54, 1.807) is 24.3 Å². The van der Waals surface area contributed by atoms with Crippen molar-refractivity contribution in [2.75, 3.05) is 6.61 Å². The smallest absolute Gasteiger partial charge is 0.463 e. The number of carbonyl (C=O) groups is 2. The van der Waals surface area contributed by atoms with Gasteiger partial charge in [-0.05, 0) is 58.9 Å². The number of nitrogens with zero attached hydrogens (tertiary/aromatic N) is 7. The average molecular weight is 729 g/mol. The second-order valence-electron chi connectivity index (χ2n) is 14.6. The lowest BCUT2D eigenvalue weighted by Gasteiger charge is -2.35. The number of rotatable bonds is 12. The molecule has 2 N–H and O–H groups in total. The van der Waals surface area contributed by atoms with E-state index in [0.29, 0.717) is 21.4 Å². The maximum absolute atomic E-state index is 14.9. The number of hydrogen-bond acceptors (Lipinski definition) is 9. The van der Waals surface area contributed by atoms with Gasteiger partial charge in [0.2, 0.25) is 0 Å². The zero-order valence-electron chi connectivity index (χ0n) is 28.8. The number of alkyl halides is 5. The number of halogens is 5. The Labute approximate surface area is 295 Å². The number of carbonyl (C=O) groups excluding carboxylic acids is 2. The highest BCUT2D eigenvalue weighted by Gasteiger charge is 2.53. The summed E-state index contributed by atoms with van der Waals surface area (Å²) in [4.78, 5) is 37.7. The molecule has 17 heteroatoms. The molecule has 2 aliphatic rings. The van der Waals surface area contributed by atoms with Gasteiger partial charge in [0.05, 0.1) is 18.7 Å². The topological polar surface area (TPSA) is 143 Å². The summed E-state index contributed by atoms with van der Waals surface area (Å²) < 4.78 is 78.2. The number of guanidine groups is 1. The molecule has 276 valence electrons. The lowest BCUT2D eigenvalue weighted by Crippen LogP contribution is -2.47. The summed E-state index contributed by atoms with van der Waals surface area (Å²) in [6, 6.07) is 9.23. The number of amides is 1. The maximum Gasteiger partial charge on any atom is 0.573 e. The van der Waals surface area contributed by atoms with Crippen molar-refractivity contribution in [2.24, 2.45) is 21.6 Å². The highest BCUT2D eigenvalue weighted by Crippen LogP contribution is 2.49. The SMILES string of the molecule is CC(C)(C)C[C@]1(c2ccc(-c3cnn(C(F)F)c3)cc2)N=C(N)N([C@H](COC(=O)CC2(C)CC2)c2ccc(OC(F)(F)F)c(-n3cncn3)c2)C1=O. The Kier molecular flexibility index (Phi) is 9.34. The van der Waals surface area contributed by atoms with Gasteiger partial charge in [0, 0.05) is 11.8 Å². The van der Waals surface area contributed by atoms with Gasteiger partial charge in [0.15, 0.2) is 17.2 Å². The minimum absolute atomic E-state index is 0.149. The van der Waals surface area contributed by atoms with Gasteiger partial charge in [-0.25, -0.2) is 19.3 Å². The van der Waals surface area contributed by atoms with Crippen LogP contribution in [-0.2, 0) is 19.9 Å². The lowest BCUT2D eigenvalue weighted by atomic mass is 9.75. The summed E-state index contributed by atoms with van der Waals surface area (Å²) in [5.41, 5.74) is 5.88. The van der Waals surface area contributed by atoms with E-state index >= 15 is 0 Å². The number of aromatic nitrogens is 5. The summed E-state index contributed by atoms with van der Waals surface area (Å²) >= 11 is 0. The summed E-state index contributed by atoms with van der Waals surface area (Å²) in [7, 11) is 0. The van der Waals surface area contributed by atoms with Gasteiger partial charge in [0.25, 0.3) is 5.91 Å². The standard InChI is InChI=1S/C35H37F5N8O4/c1-32(2,3)18-34(24-8-5-21(6-9-24)23-15-43-46(16-23)30(36)37)29(50)48(31(41)45-34)26(17-51-28(49)14-33(4)11-12-33)22-7-10-27(52-35(38,39)40)25(13-22)47-20-42-19-44-47/h5-10,13,15-16,19-20,26,30H,11-12,14,17-18H2,1-4H3,(H2,41,45)/t26-,34-/m1/s1. The Balaban J connectivity index is 1.41. The molecule has 1 fully saturated rings. The molecule has 4 aromatic rings. The monoisotopic (exact) mass is 728 g/mol. The van der Waals surface area contributed by atoms with Gasteiger partial charge in [-0.15, -0.1) is 13.2 Å². The van der Waals surface area contributed by atoms with Crippen LogP contribution in [0.25, 0.3) is 16.8 Å². The normalized spacial score (nSPS) is 19.2. The van der Waals surface area contributed by atoms with Gasteiger partial charge in [-0.1, -0.05) is 58.0 Å². The first-order chi connectivity index (χ1) is 24.4. The number of aliphatic imine (C=N–C) groups is 1. The molecule has 0 spiro atoms. The molecule has 2 aromatic carbocycles. The van der Waals surface area contributed by atoms with Crippen LogP contribution in [0.3, 0.4) is 0 Å². The fraction of sp³-hybridized carbons (Fsp3) is 0.429. The third-order valence-electron chi connectivity index (χ3n) is 9.06. The van der Waals surface area contributed by atoms with Crippen LogP contribution in [0.4, 0.5) is 22.0 Å². The molecule has 52 heavy (non-hydrogen) atoms. The van der Waals surface area contributed by atoms with Crippen LogP contribution < -0.4 is 10.5 Å². The Bertz CT molecular complexity index is 1970. The average Bonchev–Trinajstić information content (AvgIpc) is 3.45. The van der Waals surface area contributed by atoms with Gasteiger partial charge in [-0.3, -0.25) is 14.5 Å². The van der Waals surface area contributed by atoms with Gasteiger partial charge < -0.3 is 15.2 Å². The quantitative estimate of drug-likeness (QED) is 0.126. The van der Waals surface area contributed by atoms with Crippen LogP contribution in [0, 0.1) is 10.8 Å². The first kappa shape index (κ1) is 36.4. The molecule has 1 aliphatic heterocycles. The fourth-order valence-electron chi connectivity index (χ4n) is 6.35. The molecule has 1 saturated carbocycles.